The minimum absolute atomic E-state index is 0.103. The molecule has 2 N–H and O–H groups in total. The normalized spacial score (nSPS) is 10.5. The molecule has 29 heavy (non-hydrogen) atoms. The number of hydrogen-bond acceptors (Lipinski definition) is 8. The van der Waals surface area contributed by atoms with Gasteiger partial charge in [0.2, 0.25) is 5.78 Å². The van der Waals surface area contributed by atoms with Crippen LogP contribution in [0.3, 0.4) is 0 Å². The monoisotopic (exact) mass is 469 g/mol. The molecule has 1 aromatic carbocycles. The van der Waals surface area contributed by atoms with Crippen molar-refractivity contribution in [2.45, 2.75) is 6.92 Å². The van der Waals surface area contributed by atoms with Gasteiger partial charge in [0.1, 0.15) is 11.4 Å². The van der Waals surface area contributed by atoms with E-state index in [9.17, 15) is 19.2 Å². The number of methoxy groups -OCH3 is 1. The highest BCUT2D eigenvalue weighted by Gasteiger charge is 2.22. The standard InChI is InChI=1S/C18H20BrN3O7/c1-5-28-14-10(19)6-9(7-12(14)27-4)17(25)29-8-11(23)13-15(20)21(2)18(26)22(3)16(13)24/h6-7H,5,8,20H2,1-4H3. The maximum absolute atomic E-state index is 12.4. The average molecular weight is 470 g/mol. The number of Topliss-reactive ketones (excluding diaryl/α,β-unsaturated/α-hetero) is 1. The number of rotatable bonds is 7. The molecule has 0 fully saturated rings. The van der Waals surface area contributed by atoms with Crippen molar-refractivity contribution < 1.29 is 23.8 Å². The van der Waals surface area contributed by atoms with Crippen molar-refractivity contribution in [1.82, 2.24) is 9.13 Å². The van der Waals surface area contributed by atoms with Crippen LogP contribution in [-0.2, 0) is 18.8 Å². The van der Waals surface area contributed by atoms with Gasteiger partial charge in [0, 0.05) is 14.1 Å². The topological polar surface area (TPSA) is 132 Å². The predicted octanol–water partition coefficient (Wildman–Crippen LogP) is 0.876. The van der Waals surface area contributed by atoms with E-state index in [1.54, 1.807) is 6.92 Å². The SMILES string of the molecule is CCOc1c(Br)cc(C(=O)OCC(=O)c2c(N)n(C)c(=O)n(C)c2=O)cc1OC. The summed E-state index contributed by atoms with van der Waals surface area (Å²) < 4.78 is 17.9. The lowest BCUT2D eigenvalue weighted by Crippen LogP contribution is -2.42. The lowest BCUT2D eigenvalue weighted by atomic mass is 10.2. The molecule has 1 heterocycles. The van der Waals surface area contributed by atoms with Gasteiger partial charge in [-0.05, 0) is 35.0 Å². The zero-order valence-corrected chi connectivity index (χ0v) is 17.9. The van der Waals surface area contributed by atoms with Crippen LogP contribution in [-0.4, -0.2) is 41.2 Å². The number of benzene rings is 1. The molecule has 0 aliphatic carbocycles. The zero-order chi connectivity index (χ0) is 21.9. The Morgan fingerprint density at radius 1 is 1.17 bits per heavy atom. The third kappa shape index (κ3) is 4.34. The van der Waals surface area contributed by atoms with Crippen molar-refractivity contribution in [3.05, 3.63) is 48.6 Å². The summed E-state index contributed by atoms with van der Waals surface area (Å²) in [7, 11) is 3.96. The van der Waals surface area contributed by atoms with E-state index in [4.69, 9.17) is 19.9 Å². The highest BCUT2D eigenvalue weighted by atomic mass is 79.9. The molecule has 1 aromatic heterocycles. The molecule has 10 nitrogen and oxygen atoms in total. The number of carbonyl (C=O) groups excluding carboxylic acids is 2. The molecule has 156 valence electrons. The molecule has 0 saturated carbocycles. The third-order valence-electron chi connectivity index (χ3n) is 4.08. The lowest BCUT2D eigenvalue weighted by Gasteiger charge is -2.13. The lowest BCUT2D eigenvalue weighted by molar-refractivity contribution is 0.0473. The summed E-state index contributed by atoms with van der Waals surface area (Å²) in [6.07, 6.45) is 0. The number of aromatic nitrogens is 2. The summed E-state index contributed by atoms with van der Waals surface area (Å²) in [6, 6.07) is 2.86. The molecule has 11 heteroatoms. The van der Waals surface area contributed by atoms with Gasteiger partial charge in [-0.1, -0.05) is 0 Å². The summed E-state index contributed by atoms with van der Waals surface area (Å²) in [5.41, 5.74) is 3.87. The van der Waals surface area contributed by atoms with Crippen molar-refractivity contribution in [3.8, 4) is 11.5 Å². The molecule has 0 aliphatic heterocycles. The number of ketones is 1. The first kappa shape index (κ1) is 22.2. The number of hydrogen-bond donors (Lipinski definition) is 1. The second-order valence-electron chi connectivity index (χ2n) is 5.89. The van der Waals surface area contributed by atoms with Crippen LogP contribution in [0.15, 0.2) is 26.2 Å². The molecule has 0 radical (unpaired) electrons. The molecule has 2 aromatic rings. The first-order valence-corrected chi connectivity index (χ1v) is 9.19. The Morgan fingerprint density at radius 2 is 1.83 bits per heavy atom. The van der Waals surface area contributed by atoms with E-state index in [0.717, 1.165) is 9.13 Å². The molecule has 0 unspecified atom stereocenters. The van der Waals surface area contributed by atoms with Gasteiger partial charge in [-0.3, -0.25) is 18.7 Å². The summed E-state index contributed by atoms with van der Waals surface area (Å²) in [4.78, 5) is 48.8. The molecular weight excluding hydrogens is 450 g/mol. The van der Waals surface area contributed by atoms with Gasteiger partial charge >= 0.3 is 11.7 Å². The minimum atomic E-state index is -0.864. The van der Waals surface area contributed by atoms with Gasteiger partial charge in [-0.25, -0.2) is 9.59 Å². The fourth-order valence-electron chi connectivity index (χ4n) is 2.53. The van der Waals surface area contributed by atoms with Crippen LogP contribution in [0.2, 0.25) is 0 Å². The average Bonchev–Trinajstić information content (AvgIpc) is 2.70. The Bertz CT molecular complexity index is 1090. The van der Waals surface area contributed by atoms with E-state index in [2.05, 4.69) is 15.9 Å². The first-order chi connectivity index (χ1) is 13.6. The van der Waals surface area contributed by atoms with Crippen molar-refractivity contribution in [2.75, 3.05) is 26.1 Å². The fraction of sp³-hybridized carbons (Fsp3) is 0.333. The number of anilines is 1. The van der Waals surface area contributed by atoms with Crippen LogP contribution >= 0.6 is 15.9 Å². The van der Waals surface area contributed by atoms with Gasteiger partial charge < -0.3 is 19.9 Å². The second-order valence-corrected chi connectivity index (χ2v) is 6.74. The van der Waals surface area contributed by atoms with Crippen molar-refractivity contribution in [1.29, 1.82) is 0 Å². The van der Waals surface area contributed by atoms with Gasteiger partial charge in [-0.2, -0.15) is 0 Å². The number of ether oxygens (including phenoxy) is 3. The van der Waals surface area contributed by atoms with Gasteiger partial charge in [0.25, 0.3) is 5.56 Å². The predicted molar refractivity (Wildman–Crippen MR) is 108 cm³/mol. The largest absolute Gasteiger partial charge is 0.493 e. The minimum Gasteiger partial charge on any atom is -0.493 e. The summed E-state index contributed by atoms with van der Waals surface area (Å²) in [5.74, 6) is -1.23. The van der Waals surface area contributed by atoms with E-state index in [1.807, 2.05) is 0 Å². The zero-order valence-electron chi connectivity index (χ0n) is 16.3. The highest BCUT2D eigenvalue weighted by molar-refractivity contribution is 9.10. The smallest absolute Gasteiger partial charge is 0.338 e. The molecule has 0 amide bonds. The number of nitrogens with zero attached hydrogens (tertiary/aromatic N) is 2. The van der Waals surface area contributed by atoms with Gasteiger partial charge in [-0.15, -0.1) is 0 Å². The van der Waals surface area contributed by atoms with E-state index in [1.165, 1.54) is 33.3 Å². The Morgan fingerprint density at radius 3 is 2.41 bits per heavy atom. The summed E-state index contributed by atoms with van der Waals surface area (Å²) in [6.45, 7) is 1.46. The molecular formula is C18H20BrN3O7. The highest BCUT2D eigenvalue weighted by Crippen LogP contribution is 2.36. The van der Waals surface area contributed by atoms with E-state index >= 15 is 0 Å². The van der Waals surface area contributed by atoms with Crippen LogP contribution in [0.1, 0.15) is 27.6 Å². The third-order valence-corrected chi connectivity index (χ3v) is 4.67. The number of esters is 1. The molecule has 0 atom stereocenters. The number of nitrogen functional groups attached to an aromatic ring is 1. The Hall–Kier alpha value is -3.08. The Labute approximate surface area is 173 Å². The first-order valence-electron chi connectivity index (χ1n) is 8.40. The number of nitrogens with two attached hydrogens (primary N) is 1. The van der Waals surface area contributed by atoms with Crippen LogP contribution in [0, 0.1) is 0 Å². The van der Waals surface area contributed by atoms with Crippen LogP contribution in [0.4, 0.5) is 5.82 Å². The Kier molecular flexibility index (Phi) is 6.85. The van der Waals surface area contributed by atoms with Crippen molar-refractivity contribution in [3.63, 3.8) is 0 Å². The summed E-state index contributed by atoms with van der Waals surface area (Å²) >= 11 is 3.29. The molecule has 2 rings (SSSR count). The fourth-order valence-corrected chi connectivity index (χ4v) is 3.09. The van der Waals surface area contributed by atoms with Crippen molar-refractivity contribution in [2.24, 2.45) is 14.1 Å². The quantitative estimate of drug-likeness (QED) is 0.466. The van der Waals surface area contributed by atoms with E-state index < -0.39 is 35.2 Å². The molecule has 0 bridgehead atoms. The Balaban J connectivity index is 2.26. The summed E-state index contributed by atoms with van der Waals surface area (Å²) in [5, 5.41) is 0. The molecule has 0 aliphatic rings. The number of carbonyl (C=O) groups is 2. The van der Waals surface area contributed by atoms with Crippen LogP contribution in [0.5, 0.6) is 11.5 Å². The van der Waals surface area contributed by atoms with Crippen molar-refractivity contribution >= 4 is 33.5 Å². The van der Waals surface area contributed by atoms with Gasteiger partial charge in [0.15, 0.2) is 18.1 Å². The van der Waals surface area contributed by atoms with Crippen LogP contribution in [0.25, 0.3) is 0 Å². The number of halogens is 1. The van der Waals surface area contributed by atoms with E-state index in [0.29, 0.717) is 22.6 Å². The maximum Gasteiger partial charge on any atom is 0.338 e. The van der Waals surface area contributed by atoms with E-state index in [-0.39, 0.29) is 11.4 Å². The maximum atomic E-state index is 12.4. The van der Waals surface area contributed by atoms with Crippen LogP contribution < -0.4 is 26.5 Å². The molecule has 0 saturated heterocycles. The second kappa shape index (κ2) is 8.95. The van der Waals surface area contributed by atoms with Gasteiger partial charge in [0.05, 0.1) is 23.8 Å². The molecule has 0 spiro atoms.